The molecule has 0 bridgehead atoms. The minimum atomic E-state index is -0.768. The molecule has 2 N–H and O–H groups in total. The molecular weight excluding hydrogens is 380 g/mol. The van der Waals surface area contributed by atoms with Gasteiger partial charge in [-0.2, -0.15) is 0 Å². The van der Waals surface area contributed by atoms with Gasteiger partial charge in [0.05, 0.1) is 17.0 Å². The van der Waals surface area contributed by atoms with Crippen LogP contribution < -0.4 is 5.32 Å². The zero-order chi connectivity index (χ0) is 21.2. The summed E-state index contributed by atoms with van der Waals surface area (Å²) in [5.41, 5.74) is 0.443. The number of non-ortho nitro benzene ring substituents is 1. The van der Waals surface area contributed by atoms with Crippen LogP contribution in [0.5, 0.6) is 5.75 Å². The molecule has 2 aromatic carbocycles. The summed E-state index contributed by atoms with van der Waals surface area (Å²) in [6.45, 7) is -0.128. The number of esters is 1. The number of hydrogen-bond acceptors (Lipinski definition) is 7. The van der Waals surface area contributed by atoms with E-state index < -0.39 is 29.0 Å². The molecule has 9 nitrogen and oxygen atoms in total. The van der Waals surface area contributed by atoms with Gasteiger partial charge in [-0.15, -0.1) is 0 Å². The Morgan fingerprint density at radius 2 is 1.90 bits per heavy atom. The minimum absolute atomic E-state index is 0.0105. The SMILES string of the molecule is O=C(C=Cc1cccc([N+](=O)[O-])c1)CC(=O)OCCNC(=O)c1ccccc1O. The van der Waals surface area contributed by atoms with E-state index >= 15 is 0 Å². The Hall–Kier alpha value is -4.01. The minimum Gasteiger partial charge on any atom is -0.507 e. The van der Waals surface area contributed by atoms with Crippen molar-refractivity contribution in [2.45, 2.75) is 6.42 Å². The maximum absolute atomic E-state index is 11.9. The van der Waals surface area contributed by atoms with E-state index in [9.17, 15) is 29.6 Å². The van der Waals surface area contributed by atoms with Crippen LogP contribution in [0, 0.1) is 10.1 Å². The maximum Gasteiger partial charge on any atom is 0.313 e. The van der Waals surface area contributed by atoms with Crippen LogP contribution in [0.15, 0.2) is 54.6 Å². The number of rotatable bonds is 9. The lowest BCUT2D eigenvalue weighted by molar-refractivity contribution is -0.384. The molecule has 0 spiro atoms. The van der Waals surface area contributed by atoms with Gasteiger partial charge in [-0.1, -0.05) is 30.3 Å². The highest BCUT2D eigenvalue weighted by Gasteiger charge is 2.11. The lowest BCUT2D eigenvalue weighted by Gasteiger charge is -2.07. The molecule has 0 aromatic heterocycles. The van der Waals surface area contributed by atoms with Crippen LogP contribution in [0.2, 0.25) is 0 Å². The van der Waals surface area contributed by atoms with E-state index in [0.717, 1.165) is 6.08 Å². The summed E-state index contributed by atoms with van der Waals surface area (Å²) in [5.74, 6) is -1.98. The van der Waals surface area contributed by atoms with Gasteiger partial charge in [0.25, 0.3) is 11.6 Å². The summed E-state index contributed by atoms with van der Waals surface area (Å²) in [7, 11) is 0. The second-order valence-electron chi connectivity index (χ2n) is 5.82. The van der Waals surface area contributed by atoms with E-state index in [1.807, 2.05) is 0 Å². The molecule has 9 heteroatoms. The summed E-state index contributed by atoms with van der Waals surface area (Å²) in [4.78, 5) is 45.5. The number of ether oxygens (including phenoxy) is 1. The van der Waals surface area contributed by atoms with E-state index in [-0.39, 0.29) is 30.2 Å². The number of carbonyl (C=O) groups excluding carboxylic acids is 3. The number of nitrogens with one attached hydrogen (secondary N) is 1. The molecule has 0 aliphatic heterocycles. The van der Waals surface area contributed by atoms with Crippen molar-refractivity contribution in [3.63, 3.8) is 0 Å². The second-order valence-corrected chi connectivity index (χ2v) is 5.82. The summed E-state index contributed by atoms with van der Waals surface area (Å²) < 4.78 is 4.87. The van der Waals surface area contributed by atoms with Crippen LogP contribution in [-0.2, 0) is 14.3 Å². The van der Waals surface area contributed by atoms with Crippen molar-refractivity contribution >= 4 is 29.4 Å². The number of nitrogens with zero attached hydrogens (tertiary/aromatic N) is 1. The predicted molar refractivity (Wildman–Crippen MR) is 103 cm³/mol. The Kier molecular flexibility index (Phi) is 7.60. The van der Waals surface area contributed by atoms with Gasteiger partial charge in [-0.05, 0) is 23.8 Å². The van der Waals surface area contributed by atoms with Crippen LogP contribution in [-0.4, -0.2) is 40.8 Å². The van der Waals surface area contributed by atoms with Crippen molar-refractivity contribution in [2.24, 2.45) is 0 Å². The van der Waals surface area contributed by atoms with Crippen molar-refractivity contribution in [3.8, 4) is 5.75 Å². The second kappa shape index (κ2) is 10.4. The molecule has 150 valence electrons. The third kappa shape index (κ3) is 6.90. The number of allylic oxidation sites excluding steroid dienone is 1. The molecule has 0 saturated heterocycles. The summed E-state index contributed by atoms with van der Waals surface area (Å²) in [5, 5.41) is 22.8. The molecule has 0 aliphatic carbocycles. The molecule has 0 atom stereocenters. The van der Waals surface area contributed by atoms with Crippen LogP contribution in [0.3, 0.4) is 0 Å². The first-order chi connectivity index (χ1) is 13.9. The first-order valence-corrected chi connectivity index (χ1v) is 8.54. The highest BCUT2D eigenvalue weighted by atomic mass is 16.6. The summed E-state index contributed by atoms with van der Waals surface area (Å²) in [6, 6.07) is 11.7. The van der Waals surface area contributed by atoms with Crippen molar-refractivity contribution in [1.82, 2.24) is 5.32 Å². The lowest BCUT2D eigenvalue weighted by Crippen LogP contribution is -2.28. The first-order valence-electron chi connectivity index (χ1n) is 8.54. The fraction of sp³-hybridized carbons (Fsp3) is 0.150. The van der Waals surface area contributed by atoms with Gasteiger partial charge in [-0.3, -0.25) is 24.5 Å². The number of phenols is 1. The monoisotopic (exact) mass is 398 g/mol. The van der Waals surface area contributed by atoms with E-state index in [1.54, 1.807) is 18.2 Å². The number of phenolic OH excluding ortho intramolecular Hbond substituents is 1. The number of ketones is 1. The molecule has 2 aromatic rings. The number of hydrogen-bond donors (Lipinski definition) is 2. The van der Waals surface area contributed by atoms with Gasteiger partial charge >= 0.3 is 5.97 Å². The largest absolute Gasteiger partial charge is 0.507 e. The van der Waals surface area contributed by atoms with Gasteiger partial charge in [0.15, 0.2) is 5.78 Å². The molecule has 0 unspecified atom stereocenters. The van der Waals surface area contributed by atoms with Crippen LogP contribution in [0.1, 0.15) is 22.3 Å². The van der Waals surface area contributed by atoms with Crippen molar-refractivity contribution < 1.29 is 29.2 Å². The normalized spacial score (nSPS) is 10.5. The van der Waals surface area contributed by atoms with Gasteiger partial charge < -0.3 is 15.2 Å². The zero-order valence-corrected chi connectivity index (χ0v) is 15.2. The first kappa shape index (κ1) is 21.3. The van der Waals surface area contributed by atoms with Crippen molar-refractivity contribution in [3.05, 3.63) is 75.8 Å². The third-order valence-electron chi connectivity index (χ3n) is 3.66. The Bertz CT molecular complexity index is 953. The number of carbonyl (C=O) groups is 3. The van der Waals surface area contributed by atoms with E-state index in [0.29, 0.717) is 5.56 Å². The van der Waals surface area contributed by atoms with Crippen LogP contribution >= 0.6 is 0 Å². The maximum atomic E-state index is 11.9. The van der Waals surface area contributed by atoms with E-state index in [2.05, 4.69) is 5.32 Å². The Labute approximate surface area is 165 Å². The van der Waals surface area contributed by atoms with Gasteiger partial charge in [-0.25, -0.2) is 0 Å². The van der Waals surface area contributed by atoms with Crippen molar-refractivity contribution in [2.75, 3.05) is 13.2 Å². The summed E-state index contributed by atoms with van der Waals surface area (Å²) in [6.07, 6.45) is 2.01. The molecule has 2 rings (SSSR count). The summed E-state index contributed by atoms with van der Waals surface area (Å²) >= 11 is 0. The molecule has 0 saturated carbocycles. The number of para-hydroxylation sites is 1. The van der Waals surface area contributed by atoms with Gasteiger partial charge in [0, 0.05) is 12.1 Å². The molecule has 29 heavy (non-hydrogen) atoms. The zero-order valence-electron chi connectivity index (χ0n) is 15.2. The highest BCUT2D eigenvalue weighted by molar-refractivity contribution is 6.04. The average Bonchev–Trinajstić information content (AvgIpc) is 2.70. The van der Waals surface area contributed by atoms with E-state index in [4.69, 9.17) is 4.74 Å². The Morgan fingerprint density at radius 3 is 2.62 bits per heavy atom. The molecule has 0 fully saturated rings. The topological polar surface area (TPSA) is 136 Å². The average molecular weight is 398 g/mol. The number of aromatic hydroxyl groups is 1. The number of nitro groups is 1. The third-order valence-corrected chi connectivity index (χ3v) is 3.66. The Balaban J connectivity index is 1.73. The quantitative estimate of drug-likeness (QED) is 0.165. The van der Waals surface area contributed by atoms with Crippen LogP contribution in [0.4, 0.5) is 5.69 Å². The lowest BCUT2D eigenvalue weighted by atomic mass is 10.1. The fourth-order valence-electron chi connectivity index (χ4n) is 2.27. The molecule has 0 aliphatic rings. The smallest absolute Gasteiger partial charge is 0.313 e. The molecule has 0 radical (unpaired) electrons. The highest BCUT2D eigenvalue weighted by Crippen LogP contribution is 2.15. The van der Waals surface area contributed by atoms with E-state index in [1.165, 1.54) is 36.4 Å². The Morgan fingerprint density at radius 1 is 1.14 bits per heavy atom. The van der Waals surface area contributed by atoms with Gasteiger partial charge in [0.2, 0.25) is 0 Å². The number of amides is 1. The molecule has 0 heterocycles. The predicted octanol–water partition coefficient (Wildman–Crippen LogP) is 2.25. The van der Waals surface area contributed by atoms with Crippen LogP contribution in [0.25, 0.3) is 6.08 Å². The molecular formula is C20H18N2O7. The number of benzene rings is 2. The number of nitro benzene ring substituents is 1. The molecule has 1 amide bonds. The van der Waals surface area contributed by atoms with Crippen molar-refractivity contribution in [1.29, 1.82) is 0 Å². The standard InChI is InChI=1S/C20H18N2O7/c23-16(9-8-14-4-3-5-15(12-14)22(27)28)13-19(25)29-11-10-21-20(26)17-6-1-2-7-18(17)24/h1-9,12,24H,10-11,13H2,(H,21,26). The fourth-order valence-corrected chi connectivity index (χ4v) is 2.27. The van der Waals surface area contributed by atoms with Gasteiger partial charge in [0.1, 0.15) is 18.8 Å².